The number of rotatable bonds is 2. The summed E-state index contributed by atoms with van der Waals surface area (Å²) in [6.07, 6.45) is 1.85. The van der Waals surface area contributed by atoms with Crippen molar-refractivity contribution >= 4 is 22.3 Å². The van der Waals surface area contributed by atoms with Crippen LogP contribution in [0.25, 0.3) is 10.9 Å². The van der Waals surface area contributed by atoms with Crippen LogP contribution in [-0.2, 0) is 0 Å². The number of fused-ring (bicyclic) bond motifs is 1. The maximum absolute atomic E-state index is 4.42. The monoisotopic (exact) mass is 248 g/mol. The Balaban J connectivity index is 2.11. The van der Waals surface area contributed by atoms with Gasteiger partial charge in [-0.1, -0.05) is 24.3 Å². The lowest BCUT2D eigenvalue weighted by atomic mass is 10.1. The topological polar surface area (TPSA) is 24.9 Å². The molecule has 0 radical (unpaired) electrons. The molecule has 1 N–H and O–H groups in total. The number of aromatic nitrogens is 1. The zero-order valence-electron chi connectivity index (χ0n) is 11.1. The van der Waals surface area contributed by atoms with Gasteiger partial charge in [0.25, 0.3) is 0 Å². The van der Waals surface area contributed by atoms with E-state index in [1.807, 2.05) is 24.4 Å². The van der Waals surface area contributed by atoms with Crippen molar-refractivity contribution in [3.05, 3.63) is 65.9 Å². The van der Waals surface area contributed by atoms with E-state index in [1.165, 1.54) is 16.5 Å². The normalized spacial score (nSPS) is 10.6. The first-order valence-electron chi connectivity index (χ1n) is 6.42. The van der Waals surface area contributed by atoms with Crippen LogP contribution in [0.15, 0.2) is 54.7 Å². The first kappa shape index (κ1) is 11.7. The Bertz CT molecular complexity index is 727. The van der Waals surface area contributed by atoms with Gasteiger partial charge in [-0.05, 0) is 49.2 Å². The molecule has 0 amide bonds. The van der Waals surface area contributed by atoms with E-state index in [-0.39, 0.29) is 0 Å². The van der Waals surface area contributed by atoms with Crippen LogP contribution in [0.5, 0.6) is 0 Å². The first-order valence-corrected chi connectivity index (χ1v) is 6.42. The Morgan fingerprint density at radius 1 is 0.947 bits per heavy atom. The largest absolute Gasteiger partial charge is 0.355 e. The van der Waals surface area contributed by atoms with Gasteiger partial charge in [-0.15, -0.1) is 0 Å². The fourth-order valence-electron chi connectivity index (χ4n) is 2.37. The summed E-state index contributed by atoms with van der Waals surface area (Å²) < 4.78 is 0. The van der Waals surface area contributed by atoms with Crippen molar-refractivity contribution in [2.45, 2.75) is 13.8 Å². The molecular formula is C17H16N2. The summed E-state index contributed by atoms with van der Waals surface area (Å²) in [5.41, 5.74) is 5.72. The highest BCUT2D eigenvalue weighted by Crippen LogP contribution is 2.27. The highest BCUT2D eigenvalue weighted by molar-refractivity contribution is 5.95. The number of hydrogen-bond acceptors (Lipinski definition) is 2. The molecule has 0 aliphatic rings. The van der Waals surface area contributed by atoms with Crippen LogP contribution in [0.4, 0.5) is 11.4 Å². The molecule has 0 atom stereocenters. The third kappa shape index (κ3) is 2.29. The molecule has 0 aliphatic carbocycles. The molecule has 0 aliphatic heterocycles. The Hall–Kier alpha value is -2.35. The molecule has 0 unspecified atom stereocenters. The molecular weight excluding hydrogens is 232 g/mol. The molecule has 1 aromatic heterocycles. The van der Waals surface area contributed by atoms with Crippen LogP contribution < -0.4 is 5.32 Å². The standard InChI is InChI=1S/C17H16N2/c1-12-5-3-7-14(11-12)19-16-9-10-18-15-8-4-6-13(2)17(15)16/h3-11H,1-2H3,(H,18,19). The number of nitrogens with one attached hydrogen (secondary N) is 1. The molecule has 2 nitrogen and oxygen atoms in total. The van der Waals surface area contributed by atoms with Crippen molar-refractivity contribution in [2.24, 2.45) is 0 Å². The number of pyridine rings is 1. The lowest BCUT2D eigenvalue weighted by Crippen LogP contribution is -1.94. The van der Waals surface area contributed by atoms with E-state index >= 15 is 0 Å². The SMILES string of the molecule is Cc1cccc(Nc2ccnc3cccc(C)c23)c1. The van der Waals surface area contributed by atoms with Gasteiger partial charge >= 0.3 is 0 Å². The molecule has 0 fully saturated rings. The van der Waals surface area contributed by atoms with E-state index in [4.69, 9.17) is 0 Å². The molecule has 3 aromatic rings. The number of anilines is 2. The molecule has 3 rings (SSSR count). The highest BCUT2D eigenvalue weighted by atomic mass is 14.9. The third-order valence-electron chi connectivity index (χ3n) is 3.27. The summed E-state index contributed by atoms with van der Waals surface area (Å²) >= 11 is 0. The summed E-state index contributed by atoms with van der Waals surface area (Å²) in [7, 11) is 0. The van der Waals surface area contributed by atoms with E-state index in [9.17, 15) is 0 Å². The minimum absolute atomic E-state index is 1.03. The predicted octanol–water partition coefficient (Wildman–Crippen LogP) is 4.60. The quantitative estimate of drug-likeness (QED) is 0.717. The molecule has 2 aromatic carbocycles. The molecule has 0 spiro atoms. The average molecular weight is 248 g/mol. The fourth-order valence-corrected chi connectivity index (χ4v) is 2.37. The second kappa shape index (κ2) is 4.73. The number of aryl methyl sites for hydroxylation is 2. The second-order valence-electron chi connectivity index (χ2n) is 4.82. The van der Waals surface area contributed by atoms with Gasteiger partial charge in [-0.25, -0.2) is 0 Å². The maximum atomic E-state index is 4.42. The van der Waals surface area contributed by atoms with Crippen LogP contribution in [0, 0.1) is 13.8 Å². The van der Waals surface area contributed by atoms with Crippen LogP contribution in [0.3, 0.4) is 0 Å². The number of benzene rings is 2. The van der Waals surface area contributed by atoms with Crippen molar-refractivity contribution < 1.29 is 0 Å². The molecule has 94 valence electrons. The van der Waals surface area contributed by atoms with E-state index in [2.05, 4.69) is 54.5 Å². The van der Waals surface area contributed by atoms with Gasteiger partial charge in [-0.2, -0.15) is 0 Å². The zero-order chi connectivity index (χ0) is 13.2. The number of hydrogen-bond donors (Lipinski definition) is 1. The van der Waals surface area contributed by atoms with E-state index in [1.54, 1.807) is 0 Å². The molecule has 1 heterocycles. The van der Waals surface area contributed by atoms with Crippen molar-refractivity contribution in [3.8, 4) is 0 Å². The van der Waals surface area contributed by atoms with Gasteiger partial charge in [0.1, 0.15) is 0 Å². The molecule has 0 saturated heterocycles. The summed E-state index contributed by atoms with van der Waals surface area (Å²) in [4.78, 5) is 4.42. The van der Waals surface area contributed by atoms with Gasteiger partial charge in [0, 0.05) is 23.0 Å². The summed E-state index contributed by atoms with van der Waals surface area (Å²) in [6, 6.07) is 16.6. The number of nitrogens with zero attached hydrogens (tertiary/aromatic N) is 1. The van der Waals surface area contributed by atoms with Gasteiger partial charge in [0.05, 0.1) is 5.52 Å². The Labute approximate surface area is 113 Å². The third-order valence-corrected chi connectivity index (χ3v) is 3.27. The van der Waals surface area contributed by atoms with Crippen LogP contribution in [0.2, 0.25) is 0 Å². The summed E-state index contributed by atoms with van der Waals surface area (Å²) in [6.45, 7) is 4.21. The predicted molar refractivity (Wildman–Crippen MR) is 80.9 cm³/mol. The van der Waals surface area contributed by atoms with Crippen molar-refractivity contribution in [3.63, 3.8) is 0 Å². The summed E-state index contributed by atoms with van der Waals surface area (Å²) in [5, 5.41) is 4.68. The van der Waals surface area contributed by atoms with Crippen LogP contribution in [-0.4, -0.2) is 4.98 Å². The molecule has 19 heavy (non-hydrogen) atoms. The second-order valence-corrected chi connectivity index (χ2v) is 4.82. The zero-order valence-corrected chi connectivity index (χ0v) is 11.1. The highest BCUT2D eigenvalue weighted by Gasteiger charge is 2.04. The Morgan fingerprint density at radius 3 is 2.63 bits per heavy atom. The Kier molecular flexibility index (Phi) is 2.92. The van der Waals surface area contributed by atoms with Crippen LogP contribution in [0.1, 0.15) is 11.1 Å². The van der Waals surface area contributed by atoms with Gasteiger partial charge in [0.2, 0.25) is 0 Å². The molecule has 0 saturated carbocycles. The minimum Gasteiger partial charge on any atom is -0.355 e. The van der Waals surface area contributed by atoms with E-state index in [0.717, 1.165) is 16.9 Å². The van der Waals surface area contributed by atoms with E-state index in [0.29, 0.717) is 0 Å². The Morgan fingerprint density at radius 2 is 1.79 bits per heavy atom. The minimum atomic E-state index is 1.03. The van der Waals surface area contributed by atoms with Gasteiger partial charge in [-0.3, -0.25) is 4.98 Å². The summed E-state index contributed by atoms with van der Waals surface area (Å²) in [5.74, 6) is 0. The molecule has 0 bridgehead atoms. The average Bonchev–Trinajstić information content (AvgIpc) is 2.39. The lowest BCUT2D eigenvalue weighted by molar-refractivity contribution is 1.38. The van der Waals surface area contributed by atoms with Gasteiger partial charge in [0.15, 0.2) is 0 Å². The van der Waals surface area contributed by atoms with E-state index < -0.39 is 0 Å². The van der Waals surface area contributed by atoms with Crippen molar-refractivity contribution in [1.29, 1.82) is 0 Å². The lowest BCUT2D eigenvalue weighted by Gasteiger charge is -2.11. The fraction of sp³-hybridized carbons (Fsp3) is 0.118. The first-order chi connectivity index (χ1) is 9.24. The smallest absolute Gasteiger partial charge is 0.0725 e. The van der Waals surface area contributed by atoms with Crippen molar-refractivity contribution in [1.82, 2.24) is 4.98 Å². The maximum Gasteiger partial charge on any atom is 0.0725 e. The van der Waals surface area contributed by atoms with Crippen LogP contribution >= 0.6 is 0 Å². The molecule has 2 heteroatoms. The van der Waals surface area contributed by atoms with Gasteiger partial charge < -0.3 is 5.32 Å². The van der Waals surface area contributed by atoms with Crippen molar-refractivity contribution in [2.75, 3.05) is 5.32 Å².